The van der Waals surface area contributed by atoms with Crippen LogP contribution in [-0.4, -0.2) is 40.0 Å². The lowest BCUT2D eigenvalue weighted by Gasteiger charge is -2.14. The fourth-order valence-electron chi connectivity index (χ4n) is 2.29. The maximum absolute atomic E-state index is 11.9. The van der Waals surface area contributed by atoms with Gasteiger partial charge in [0, 0.05) is 12.1 Å². The van der Waals surface area contributed by atoms with Gasteiger partial charge in [-0.25, -0.2) is 4.79 Å². The van der Waals surface area contributed by atoms with Gasteiger partial charge in [-0.05, 0) is 11.6 Å². The molecule has 1 heterocycles. The summed E-state index contributed by atoms with van der Waals surface area (Å²) in [5.41, 5.74) is 1.28. The number of para-hydroxylation sites is 1. The molecule has 0 saturated heterocycles. The van der Waals surface area contributed by atoms with Gasteiger partial charge in [-0.1, -0.05) is 18.2 Å². The summed E-state index contributed by atoms with van der Waals surface area (Å²) in [4.78, 5) is 45.3. The van der Waals surface area contributed by atoms with Crippen LogP contribution >= 0.6 is 0 Å². The molecule has 2 atom stereocenters. The van der Waals surface area contributed by atoms with E-state index in [1.165, 1.54) is 0 Å². The minimum Gasteiger partial charge on any atom is -0.481 e. The molecule has 0 fully saturated rings. The molecule has 0 radical (unpaired) electrons. The first-order valence-electron chi connectivity index (χ1n) is 6.52. The number of hydrogen-bond acceptors (Lipinski definition) is 4. The Morgan fingerprint density at radius 3 is 2.55 bits per heavy atom. The summed E-state index contributed by atoms with van der Waals surface area (Å²) in [5.74, 6) is -4.52. The SMILES string of the molecule is O=C(O)CC(NC(=O)CC1C(=O)Nc2ccccc21)C(=O)O. The minimum absolute atomic E-state index is 0.244. The van der Waals surface area contributed by atoms with Crippen LogP contribution in [0.5, 0.6) is 0 Å². The molecule has 4 N–H and O–H groups in total. The standard InChI is InChI=1S/C14H14N2O6/c17-11(15-10(14(21)22)6-12(18)19)5-8-7-3-1-2-4-9(7)16-13(8)20/h1-4,8,10H,5-6H2,(H,15,17)(H,16,20)(H,18,19)(H,21,22). The largest absolute Gasteiger partial charge is 0.481 e. The van der Waals surface area contributed by atoms with Gasteiger partial charge < -0.3 is 20.8 Å². The lowest BCUT2D eigenvalue weighted by atomic mass is 9.96. The van der Waals surface area contributed by atoms with Crippen molar-refractivity contribution in [2.45, 2.75) is 24.8 Å². The third-order valence-electron chi connectivity index (χ3n) is 3.31. The second-order valence-corrected chi connectivity index (χ2v) is 4.89. The van der Waals surface area contributed by atoms with Crippen LogP contribution < -0.4 is 10.6 Å². The average Bonchev–Trinajstić information content (AvgIpc) is 2.74. The van der Waals surface area contributed by atoms with Crippen molar-refractivity contribution < 1.29 is 29.4 Å². The van der Waals surface area contributed by atoms with E-state index >= 15 is 0 Å². The summed E-state index contributed by atoms with van der Waals surface area (Å²) in [7, 11) is 0. The summed E-state index contributed by atoms with van der Waals surface area (Å²) >= 11 is 0. The first-order chi connectivity index (χ1) is 10.4. The lowest BCUT2D eigenvalue weighted by Crippen LogP contribution is -2.42. The second kappa shape index (κ2) is 6.25. The fraction of sp³-hybridized carbons (Fsp3) is 0.286. The van der Waals surface area contributed by atoms with Gasteiger partial charge in [0.1, 0.15) is 6.04 Å². The molecule has 0 spiro atoms. The number of carboxylic acids is 2. The number of carbonyl (C=O) groups is 4. The highest BCUT2D eigenvalue weighted by Gasteiger charge is 2.33. The van der Waals surface area contributed by atoms with Gasteiger partial charge in [0.15, 0.2) is 0 Å². The number of nitrogens with one attached hydrogen (secondary N) is 2. The van der Waals surface area contributed by atoms with Crippen molar-refractivity contribution >= 4 is 29.4 Å². The molecule has 8 heteroatoms. The van der Waals surface area contributed by atoms with Crippen molar-refractivity contribution in [3.8, 4) is 0 Å². The van der Waals surface area contributed by atoms with Gasteiger partial charge in [-0.3, -0.25) is 14.4 Å². The van der Waals surface area contributed by atoms with Crippen LogP contribution in [0.4, 0.5) is 5.69 Å². The number of anilines is 1. The molecule has 0 aliphatic carbocycles. The van der Waals surface area contributed by atoms with Crippen molar-refractivity contribution in [3.05, 3.63) is 29.8 Å². The Balaban J connectivity index is 2.04. The Morgan fingerprint density at radius 1 is 1.23 bits per heavy atom. The van der Waals surface area contributed by atoms with Crippen LogP contribution in [0, 0.1) is 0 Å². The summed E-state index contributed by atoms with van der Waals surface area (Å²) in [6.45, 7) is 0. The number of rotatable bonds is 6. The summed E-state index contributed by atoms with van der Waals surface area (Å²) in [5, 5.41) is 22.3. The number of fused-ring (bicyclic) bond motifs is 1. The zero-order chi connectivity index (χ0) is 16.3. The summed E-state index contributed by atoms with van der Waals surface area (Å²) < 4.78 is 0. The van der Waals surface area contributed by atoms with E-state index in [4.69, 9.17) is 10.2 Å². The van der Waals surface area contributed by atoms with E-state index in [-0.39, 0.29) is 12.3 Å². The van der Waals surface area contributed by atoms with E-state index in [2.05, 4.69) is 10.6 Å². The van der Waals surface area contributed by atoms with Crippen LogP contribution in [0.3, 0.4) is 0 Å². The quantitative estimate of drug-likeness (QED) is 0.591. The van der Waals surface area contributed by atoms with Crippen LogP contribution in [-0.2, 0) is 19.2 Å². The number of aliphatic carboxylic acids is 2. The molecular weight excluding hydrogens is 292 g/mol. The Kier molecular flexibility index (Phi) is 4.40. The molecule has 8 nitrogen and oxygen atoms in total. The minimum atomic E-state index is -1.52. The van der Waals surface area contributed by atoms with Gasteiger partial charge in [0.2, 0.25) is 11.8 Å². The van der Waals surface area contributed by atoms with Crippen molar-refractivity contribution in [2.24, 2.45) is 0 Å². The molecule has 2 rings (SSSR count). The van der Waals surface area contributed by atoms with E-state index in [9.17, 15) is 19.2 Å². The second-order valence-electron chi connectivity index (χ2n) is 4.89. The molecule has 2 unspecified atom stereocenters. The van der Waals surface area contributed by atoms with E-state index in [1.807, 2.05) is 0 Å². The maximum atomic E-state index is 11.9. The number of amides is 2. The highest BCUT2D eigenvalue weighted by molar-refractivity contribution is 6.05. The Morgan fingerprint density at radius 2 is 1.91 bits per heavy atom. The summed E-state index contributed by atoms with van der Waals surface area (Å²) in [6, 6.07) is 5.36. The highest BCUT2D eigenvalue weighted by Crippen LogP contribution is 2.34. The molecule has 116 valence electrons. The van der Waals surface area contributed by atoms with E-state index < -0.39 is 36.2 Å². The lowest BCUT2D eigenvalue weighted by molar-refractivity contribution is -0.147. The number of carbonyl (C=O) groups excluding carboxylic acids is 2. The third kappa shape index (κ3) is 3.40. The summed E-state index contributed by atoms with van der Waals surface area (Å²) in [6.07, 6.45) is -0.971. The molecule has 1 aliphatic heterocycles. The normalized spacial score (nSPS) is 17.3. The zero-order valence-corrected chi connectivity index (χ0v) is 11.4. The van der Waals surface area contributed by atoms with Gasteiger partial charge in [-0.15, -0.1) is 0 Å². The van der Waals surface area contributed by atoms with E-state index in [0.29, 0.717) is 11.3 Å². The molecule has 0 aromatic heterocycles. The topological polar surface area (TPSA) is 133 Å². The fourth-order valence-corrected chi connectivity index (χ4v) is 2.29. The molecule has 1 aliphatic rings. The van der Waals surface area contributed by atoms with Crippen LogP contribution in [0.2, 0.25) is 0 Å². The Hall–Kier alpha value is -2.90. The van der Waals surface area contributed by atoms with Crippen LogP contribution in [0.15, 0.2) is 24.3 Å². The van der Waals surface area contributed by atoms with Gasteiger partial charge in [-0.2, -0.15) is 0 Å². The molecule has 2 amide bonds. The molecule has 1 aromatic rings. The Bertz CT molecular complexity index is 642. The highest BCUT2D eigenvalue weighted by atomic mass is 16.4. The smallest absolute Gasteiger partial charge is 0.326 e. The molecule has 1 aromatic carbocycles. The van der Waals surface area contributed by atoms with Gasteiger partial charge >= 0.3 is 11.9 Å². The molecule has 0 bridgehead atoms. The maximum Gasteiger partial charge on any atom is 0.326 e. The molecule has 22 heavy (non-hydrogen) atoms. The van der Waals surface area contributed by atoms with Gasteiger partial charge in [0.05, 0.1) is 12.3 Å². The van der Waals surface area contributed by atoms with Crippen molar-refractivity contribution in [1.82, 2.24) is 5.32 Å². The Labute approximate surface area is 125 Å². The monoisotopic (exact) mass is 306 g/mol. The van der Waals surface area contributed by atoms with Crippen LogP contribution in [0.25, 0.3) is 0 Å². The van der Waals surface area contributed by atoms with E-state index in [0.717, 1.165) is 0 Å². The van der Waals surface area contributed by atoms with Crippen molar-refractivity contribution in [2.75, 3.05) is 5.32 Å². The van der Waals surface area contributed by atoms with E-state index in [1.54, 1.807) is 24.3 Å². The zero-order valence-electron chi connectivity index (χ0n) is 11.4. The molecular formula is C14H14N2O6. The number of hydrogen-bond donors (Lipinski definition) is 4. The first-order valence-corrected chi connectivity index (χ1v) is 6.52. The van der Waals surface area contributed by atoms with Crippen LogP contribution in [0.1, 0.15) is 24.3 Å². The first kappa shape index (κ1) is 15.5. The number of carboxylic acid groups (broad SMARTS) is 2. The number of benzene rings is 1. The molecule has 0 saturated carbocycles. The van der Waals surface area contributed by atoms with Crippen molar-refractivity contribution in [1.29, 1.82) is 0 Å². The van der Waals surface area contributed by atoms with Gasteiger partial charge in [0.25, 0.3) is 0 Å². The average molecular weight is 306 g/mol. The van der Waals surface area contributed by atoms with Crippen molar-refractivity contribution in [3.63, 3.8) is 0 Å². The predicted molar refractivity (Wildman–Crippen MR) is 74.2 cm³/mol. The predicted octanol–water partition coefficient (Wildman–Crippen LogP) is 0.156. The third-order valence-corrected chi connectivity index (χ3v) is 3.31.